The van der Waals surface area contributed by atoms with Crippen LogP contribution in [-0.4, -0.2) is 32.5 Å². The molecule has 0 aliphatic heterocycles. The zero-order valence-corrected chi connectivity index (χ0v) is 14.1. The van der Waals surface area contributed by atoms with E-state index in [4.69, 9.17) is 5.73 Å². The van der Waals surface area contributed by atoms with Crippen molar-refractivity contribution in [1.29, 1.82) is 0 Å². The summed E-state index contributed by atoms with van der Waals surface area (Å²) in [5, 5.41) is 3.96. The number of nitrogens with two attached hydrogens (primary N) is 1. The Morgan fingerprint density at radius 3 is 2.81 bits per heavy atom. The van der Waals surface area contributed by atoms with Gasteiger partial charge < -0.3 is 11.1 Å². The van der Waals surface area contributed by atoms with E-state index >= 15 is 0 Å². The highest BCUT2D eigenvalue weighted by atomic mass is 32.2. The Balaban J connectivity index is 2.28. The van der Waals surface area contributed by atoms with Gasteiger partial charge in [-0.15, -0.1) is 0 Å². The molecule has 2 rings (SSSR count). The maximum absolute atomic E-state index is 12.1. The lowest BCUT2D eigenvalue weighted by molar-refractivity contribution is 0.588. The van der Waals surface area contributed by atoms with E-state index in [-0.39, 0.29) is 4.90 Å². The van der Waals surface area contributed by atoms with E-state index in [1.165, 1.54) is 26.0 Å². The summed E-state index contributed by atoms with van der Waals surface area (Å²) in [5.74, 6) is 1.08. The summed E-state index contributed by atoms with van der Waals surface area (Å²) in [6.45, 7) is 2.15. The van der Waals surface area contributed by atoms with Crippen LogP contribution in [0, 0.1) is 0 Å². The summed E-state index contributed by atoms with van der Waals surface area (Å²) in [5.41, 5.74) is 6.81. The number of nitrogen functional groups attached to an aromatic ring is 1. The number of benzene rings is 1. The van der Waals surface area contributed by atoms with E-state index in [1.54, 1.807) is 12.1 Å². The molecule has 1 aliphatic carbocycles. The van der Waals surface area contributed by atoms with Crippen LogP contribution >= 0.6 is 11.8 Å². The SMILES string of the molecule is CCSC1CCCC1Nc1ccc(N)cc1S(=O)(=O)NC. The summed E-state index contributed by atoms with van der Waals surface area (Å²) in [7, 11) is -2.11. The zero-order chi connectivity index (χ0) is 15.5. The predicted molar refractivity (Wildman–Crippen MR) is 90.3 cm³/mol. The molecule has 0 saturated heterocycles. The first-order valence-corrected chi connectivity index (χ1v) is 9.72. The van der Waals surface area contributed by atoms with E-state index in [0.29, 0.717) is 22.7 Å². The lowest BCUT2D eigenvalue weighted by atomic mass is 10.2. The molecule has 7 heteroatoms. The molecule has 0 heterocycles. The van der Waals surface area contributed by atoms with Gasteiger partial charge in [0, 0.05) is 17.0 Å². The second kappa shape index (κ2) is 6.89. The summed E-state index contributed by atoms with van der Waals surface area (Å²) >= 11 is 1.94. The van der Waals surface area contributed by atoms with Crippen molar-refractivity contribution in [1.82, 2.24) is 4.72 Å². The Morgan fingerprint density at radius 1 is 1.38 bits per heavy atom. The highest BCUT2D eigenvalue weighted by molar-refractivity contribution is 7.99. The number of hydrogen-bond acceptors (Lipinski definition) is 5. The lowest BCUT2D eigenvalue weighted by Crippen LogP contribution is -2.28. The van der Waals surface area contributed by atoms with Crippen LogP contribution < -0.4 is 15.8 Å². The summed E-state index contributed by atoms with van der Waals surface area (Å²) in [6.07, 6.45) is 3.43. The van der Waals surface area contributed by atoms with Gasteiger partial charge in [-0.25, -0.2) is 13.1 Å². The summed E-state index contributed by atoms with van der Waals surface area (Å²) in [6, 6.07) is 5.30. The third-order valence-electron chi connectivity index (χ3n) is 3.74. The van der Waals surface area contributed by atoms with Gasteiger partial charge in [-0.2, -0.15) is 11.8 Å². The van der Waals surface area contributed by atoms with Crippen molar-refractivity contribution >= 4 is 33.2 Å². The Hall–Kier alpha value is -0.920. The van der Waals surface area contributed by atoms with E-state index in [1.807, 2.05) is 11.8 Å². The predicted octanol–water partition coefficient (Wildman–Crippen LogP) is 2.26. The third-order valence-corrected chi connectivity index (χ3v) is 6.52. The molecule has 1 aliphatic rings. The van der Waals surface area contributed by atoms with Gasteiger partial charge in [0.2, 0.25) is 10.0 Å². The van der Waals surface area contributed by atoms with Gasteiger partial charge in [0.25, 0.3) is 0 Å². The van der Waals surface area contributed by atoms with Gasteiger partial charge in [0.15, 0.2) is 0 Å². The van der Waals surface area contributed by atoms with Crippen molar-refractivity contribution < 1.29 is 8.42 Å². The van der Waals surface area contributed by atoms with Crippen molar-refractivity contribution in [2.45, 2.75) is 42.4 Å². The maximum atomic E-state index is 12.1. The second-order valence-electron chi connectivity index (χ2n) is 5.14. The molecule has 0 radical (unpaired) electrons. The van der Waals surface area contributed by atoms with E-state index in [0.717, 1.165) is 12.2 Å². The van der Waals surface area contributed by atoms with Crippen LogP contribution in [0.4, 0.5) is 11.4 Å². The molecule has 2 atom stereocenters. The topological polar surface area (TPSA) is 84.2 Å². The standard InChI is InChI=1S/C14H23N3O2S2/c1-3-20-13-6-4-5-11(13)17-12-8-7-10(15)9-14(12)21(18,19)16-2/h7-9,11,13,16-17H,3-6,15H2,1-2H3. The highest BCUT2D eigenvalue weighted by Gasteiger charge is 2.28. The maximum Gasteiger partial charge on any atom is 0.242 e. The van der Waals surface area contributed by atoms with Gasteiger partial charge in [0.05, 0.1) is 5.69 Å². The first kappa shape index (κ1) is 16.5. The highest BCUT2D eigenvalue weighted by Crippen LogP contribution is 2.34. The largest absolute Gasteiger partial charge is 0.399 e. The molecule has 5 nitrogen and oxygen atoms in total. The van der Waals surface area contributed by atoms with E-state index < -0.39 is 10.0 Å². The molecule has 2 unspecified atom stereocenters. The monoisotopic (exact) mass is 329 g/mol. The molecule has 1 aromatic rings. The van der Waals surface area contributed by atoms with Crippen molar-refractivity contribution in [3.63, 3.8) is 0 Å². The Kier molecular flexibility index (Phi) is 5.40. The zero-order valence-electron chi connectivity index (χ0n) is 12.4. The smallest absolute Gasteiger partial charge is 0.242 e. The minimum absolute atomic E-state index is 0.220. The van der Waals surface area contributed by atoms with Crippen LogP contribution in [0.2, 0.25) is 0 Å². The van der Waals surface area contributed by atoms with Crippen molar-refractivity contribution in [3.8, 4) is 0 Å². The van der Waals surface area contributed by atoms with Crippen molar-refractivity contribution in [2.75, 3.05) is 23.9 Å². The molecule has 1 fully saturated rings. The molecule has 0 spiro atoms. The first-order valence-electron chi connectivity index (χ1n) is 7.19. The molecule has 21 heavy (non-hydrogen) atoms. The molecular weight excluding hydrogens is 306 g/mol. The molecule has 118 valence electrons. The summed E-state index contributed by atoms with van der Waals surface area (Å²) < 4.78 is 26.6. The average Bonchev–Trinajstić information content (AvgIpc) is 2.88. The van der Waals surface area contributed by atoms with Gasteiger partial charge in [-0.05, 0) is 43.8 Å². The van der Waals surface area contributed by atoms with Crippen LogP contribution in [0.15, 0.2) is 23.1 Å². The van der Waals surface area contributed by atoms with Gasteiger partial charge in [-0.1, -0.05) is 13.3 Å². The van der Waals surface area contributed by atoms with Crippen molar-refractivity contribution in [3.05, 3.63) is 18.2 Å². The van der Waals surface area contributed by atoms with Crippen LogP contribution in [-0.2, 0) is 10.0 Å². The number of rotatable bonds is 6. The molecule has 1 aromatic carbocycles. The fourth-order valence-corrected chi connectivity index (χ4v) is 4.82. The van der Waals surface area contributed by atoms with E-state index in [9.17, 15) is 8.42 Å². The second-order valence-corrected chi connectivity index (χ2v) is 8.51. The van der Waals surface area contributed by atoms with E-state index in [2.05, 4.69) is 17.0 Å². The van der Waals surface area contributed by atoms with Crippen LogP contribution in [0.5, 0.6) is 0 Å². The van der Waals surface area contributed by atoms with Crippen LogP contribution in [0.1, 0.15) is 26.2 Å². The number of hydrogen-bond donors (Lipinski definition) is 3. The number of sulfonamides is 1. The third kappa shape index (κ3) is 3.84. The number of thioether (sulfide) groups is 1. The molecule has 1 saturated carbocycles. The summed E-state index contributed by atoms with van der Waals surface area (Å²) in [4.78, 5) is 0.220. The van der Waals surface area contributed by atoms with Crippen LogP contribution in [0.25, 0.3) is 0 Å². The Morgan fingerprint density at radius 2 is 2.14 bits per heavy atom. The van der Waals surface area contributed by atoms with Crippen LogP contribution in [0.3, 0.4) is 0 Å². The quantitative estimate of drug-likeness (QED) is 0.697. The molecule has 0 bridgehead atoms. The number of nitrogens with one attached hydrogen (secondary N) is 2. The van der Waals surface area contributed by atoms with Gasteiger partial charge in [-0.3, -0.25) is 0 Å². The average molecular weight is 329 g/mol. The molecule has 4 N–H and O–H groups in total. The Bertz CT molecular complexity index is 590. The fraction of sp³-hybridized carbons (Fsp3) is 0.571. The first-order chi connectivity index (χ1) is 9.97. The van der Waals surface area contributed by atoms with Gasteiger partial charge >= 0.3 is 0 Å². The Labute approximate surface area is 131 Å². The molecular formula is C14H23N3O2S2. The minimum atomic E-state index is -3.52. The molecule has 0 amide bonds. The normalized spacial score (nSPS) is 22.4. The number of anilines is 2. The van der Waals surface area contributed by atoms with Gasteiger partial charge in [0.1, 0.15) is 4.90 Å². The molecule has 0 aromatic heterocycles. The fourth-order valence-electron chi connectivity index (χ4n) is 2.69. The van der Waals surface area contributed by atoms with Crippen molar-refractivity contribution in [2.24, 2.45) is 0 Å². The lowest BCUT2D eigenvalue weighted by Gasteiger charge is -2.23. The minimum Gasteiger partial charge on any atom is -0.399 e.